The fourth-order valence-electron chi connectivity index (χ4n) is 3.75. The van der Waals surface area contributed by atoms with Gasteiger partial charge in [-0.05, 0) is 51.1 Å². The first-order chi connectivity index (χ1) is 10.1. The van der Waals surface area contributed by atoms with Gasteiger partial charge >= 0.3 is 0 Å². The van der Waals surface area contributed by atoms with Crippen molar-refractivity contribution in [3.63, 3.8) is 0 Å². The Bertz CT molecular complexity index is 492. The monoisotopic (exact) mass is 288 g/mol. The second-order valence-electron chi connectivity index (χ2n) is 6.89. The molecule has 3 heteroatoms. The van der Waals surface area contributed by atoms with Crippen LogP contribution < -0.4 is 10.1 Å². The van der Waals surface area contributed by atoms with Crippen LogP contribution in [-0.2, 0) is 6.42 Å². The fourth-order valence-corrected chi connectivity index (χ4v) is 3.75. The van der Waals surface area contributed by atoms with E-state index in [2.05, 4.69) is 49.4 Å². The van der Waals surface area contributed by atoms with Crippen molar-refractivity contribution in [1.29, 1.82) is 0 Å². The number of nitrogens with one attached hydrogen (secondary N) is 1. The highest BCUT2D eigenvalue weighted by molar-refractivity contribution is 5.40. The number of hydrogen-bond donors (Lipinski definition) is 1. The highest BCUT2D eigenvalue weighted by atomic mass is 16.5. The van der Waals surface area contributed by atoms with Crippen molar-refractivity contribution in [2.45, 2.75) is 50.6 Å². The maximum absolute atomic E-state index is 5.59. The number of likely N-dealkylation sites (N-methyl/N-ethyl adjacent to an activating group) is 1. The molecule has 1 aliphatic heterocycles. The maximum atomic E-state index is 5.59. The van der Waals surface area contributed by atoms with Gasteiger partial charge in [-0.3, -0.25) is 0 Å². The van der Waals surface area contributed by atoms with E-state index in [9.17, 15) is 0 Å². The van der Waals surface area contributed by atoms with E-state index in [4.69, 9.17) is 4.74 Å². The van der Waals surface area contributed by atoms with Crippen LogP contribution in [0.25, 0.3) is 0 Å². The van der Waals surface area contributed by atoms with E-state index < -0.39 is 0 Å². The molecule has 116 valence electrons. The van der Waals surface area contributed by atoms with Crippen LogP contribution in [0.2, 0.25) is 0 Å². The Morgan fingerprint density at radius 1 is 1.29 bits per heavy atom. The summed E-state index contributed by atoms with van der Waals surface area (Å²) >= 11 is 0. The zero-order valence-electron chi connectivity index (χ0n) is 13.6. The molecular weight excluding hydrogens is 260 g/mol. The molecule has 0 saturated heterocycles. The lowest BCUT2D eigenvalue weighted by Crippen LogP contribution is -2.50. The van der Waals surface area contributed by atoms with Gasteiger partial charge < -0.3 is 15.0 Å². The minimum absolute atomic E-state index is 0.355. The Labute approximate surface area is 128 Å². The molecular formula is C18H28N2O. The number of rotatable bonds is 5. The molecule has 21 heavy (non-hydrogen) atoms. The molecule has 1 aromatic rings. The molecule has 0 aromatic heterocycles. The molecule has 1 fully saturated rings. The van der Waals surface area contributed by atoms with Crippen LogP contribution in [0.5, 0.6) is 5.75 Å². The Hall–Kier alpha value is -1.06. The second kappa shape index (κ2) is 5.98. The number of ether oxygens (including phenoxy) is 1. The van der Waals surface area contributed by atoms with Gasteiger partial charge in [-0.2, -0.15) is 0 Å². The smallest absolute Gasteiger partial charge is 0.122 e. The average molecular weight is 288 g/mol. The summed E-state index contributed by atoms with van der Waals surface area (Å²) in [5.74, 6) is 1.08. The van der Waals surface area contributed by atoms with Crippen molar-refractivity contribution in [3.05, 3.63) is 29.3 Å². The predicted octanol–water partition coefficient (Wildman–Crippen LogP) is 3.15. The molecule has 0 radical (unpaired) electrons. The number of nitrogens with zero attached hydrogens (tertiary/aromatic N) is 1. The molecule has 2 aliphatic rings. The summed E-state index contributed by atoms with van der Waals surface area (Å²) < 4.78 is 5.59. The Morgan fingerprint density at radius 2 is 2.05 bits per heavy atom. The lowest BCUT2D eigenvalue weighted by atomic mass is 9.95. The third kappa shape index (κ3) is 2.95. The standard InChI is InChI=1S/C18H28N2O/c1-14(15-6-7-17-16(12-15)8-11-21-17)19-13-18(20(2)3)9-4-5-10-18/h6-7,12,14,19H,4-5,8-11,13H2,1-3H3. The van der Waals surface area contributed by atoms with Crippen LogP contribution in [-0.4, -0.2) is 37.7 Å². The number of fused-ring (bicyclic) bond motifs is 1. The van der Waals surface area contributed by atoms with Crippen LogP contribution >= 0.6 is 0 Å². The van der Waals surface area contributed by atoms with Crippen LogP contribution in [0.15, 0.2) is 18.2 Å². The molecule has 0 spiro atoms. The first kappa shape index (κ1) is 14.9. The van der Waals surface area contributed by atoms with Gasteiger partial charge in [0.1, 0.15) is 5.75 Å². The third-order valence-corrected chi connectivity index (χ3v) is 5.43. The molecule has 1 aliphatic carbocycles. The Kier molecular flexibility index (Phi) is 4.23. The van der Waals surface area contributed by atoms with Gasteiger partial charge in [0.05, 0.1) is 6.61 Å². The van der Waals surface area contributed by atoms with Crippen molar-refractivity contribution in [2.24, 2.45) is 0 Å². The summed E-state index contributed by atoms with van der Waals surface area (Å²) in [6.45, 7) is 4.19. The SMILES string of the molecule is CC(NCC1(N(C)C)CCCC1)c1ccc2c(c1)CCO2. The second-order valence-corrected chi connectivity index (χ2v) is 6.89. The first-order valence-corrected chi connectivity index (χ1v) is 8.27. The molecule has 0 amide bonds. The largest absolute Gasteiger partial charge is 0.493 e. The summed E-state index contributed by atoms with van der Waals surface area (Å²) in [5.41, 5.74) is 3.10. The van der Waals surface area contributed by atoms with Crippen LogP contribution in [0.3, 0.4) is 0 Å². The topological polar surface area (TPSA) is 24.5 Å². The van der Waals surface area contributed by atoms with Crippen molar-refractivity contribution < 1.29 is 4.74 Å². The Balaban J connectivity index is 1.65. The lowest BCUT2D eigenvalue weighted by molar-refractivity contribution is 0.150. The van der Waals surface area contributed by atoms with Gasteiger partial charge in [-0.25, -0.2) is 0 Å². The molecule has 3 nitrogen and oxygen atoms in total. The van der Waals surface area contributed by atoms with Gasteiger partial charge in [0, 0.05) is 24.5 Å². The summed E-state index contributed by atoms with van der Waals surface area (Å²) in [6.07, 6.45) is 6.42. The summed E-state index contributed by atoms with van der Waals surface area (Å²) in [5, 5.41) is 3.77. The predicted molar refractivity (Wildman–Crippen MR) is 86.9 cm³/mol. The molecule has 1 heterocycles. The summed E-state index contributed by atoms with van der Waals surface area (Å²) in [6, 6.07) is 7.05. The summed E-state index contributed by atoms with van der Waals surface area (Å²) in [7, 11) is 4.45. The van der Waals surface area contributed by atoms with E-state index in [1.54, 1.807) is 0 Å². The van der Waals surface area contributed by atoms with Crippen LogP contribution in [0.1, 0.15) is 49.8 Å². The normalized spacial score (nSPS) is 21.3. The van der Waals surface area contributed by atoms with E-state index in [-0.39, 0.29) is 0 Å². The molecule has 1 aromatic carbocycles. The minimum atomic E-state index is 0.355. The van der Waals surface area contributed by atoms with Gasteiger partial charge in [0.15, 0.2) is 0 Å². The number of benzene rings is 1. The third-order valence-electron chi connectivity index (χ3n) is 5.43. The maximum Gasteiger partial charge on any atom is 0.122 e. The van der Waals surface area contributed by atoms with Crippen molar-refractivity contribution in [3.8, 4) is 5.75 Å². The van der Waals surface area contributed by atoms with Gasteiger partial charge in [-0.1, -0.05) is 25.0 Å². The molecule has 1 saturated carbocycles. The van der Waals surface area contributed by atoms with Gasteiger partial charge in [-0.15, -0.1) is 0 Å². The molecule has 0 bridgehead atoms. The molecule has 1 N–H and O–H groups in total. The van der Waals surface area contributed by atoms with Crippen molar-refractivity contribution in [2.75, 3.05) is 27.2 Å². The van der Waals surface area contributed by atoms with Crippen molar-refractivity contribution >= 4 is 0 Å². The lowest BCUT2D eigenvalue weighted by Gasteiger charge is -2.37. The van der Waals surface area contributed by atoms with Crippen molar-refractivity contribution in [1.82, 2.24) is 10.2 Å². The highest BCUT2D eigenvalue weighted by Gasteiger charge is 2.35. The highest BCUT2D eigenvalue weighted by Crippen LogP contribution is 2.34. The quantitative estimate of drug-likeness (QED) is 0.901. The van der Waals surface area contributed by atoms with Crippen LogP contribution in [0.4, 0.5) is 0 Å². The zero-order chi connectivity index (χ0) is 14.9. The molecule has 1 unspecified atom stereocenters. The fraction of sp³-hybridized carbons (Fsp3) is 0.667. The van der Waals surface area contributed by atoms with E-state index in [0.717, 1.165) is 25.3 Å². The molecule has 3 rings (SSSR count). The van der Waals surface area contributed by atoms with Gasteiger partial charge in [0.2, 0.25) is 0 Å². The van der Waals surface area contributed by atoms with Gasteiger partial charge in [0.25, 0.3) is 0 Å². The van der Waals surface area contributed by atoms with E-state index in [1.807, 2.05) is 0 Å². The zero-order valence-corrected chi connectivity index (χ0v) is 13.6. The average Bonchev–Trinajstić information content (AvgIpc) is 3.13. The first-order valence-electron chi connectivity index (χ1n) is 8.27. The van der Waals surface area contributed by atoms with E-state index >= 15 is 0 Å². The van der Waals surface area contributed by atoms with Crippen LogP contribution in [0, 0.1) is 0 Å². The summed E-state index contributed by atoms with van der Waals surface area (Å²) in [4.78, 5) is 2.43. The molecule has 1 atom stereocenters. The number of hydrogen-bond acceptors (Lipinski definition) is 3. The Morgan fingerprint density at radius 3 is 2.76 bits per heavy atom. The minimum Gasteiger partial charge on any atom is -0.493 e. The van der Waals surface area contributed by atoms with E-state index in [0.29, 0.717) is 11.6 Å². The van der Waals surface area contributed by atoms with E-state index in [1.165, 1.54) is 36.8 Å².